The first-order valence-corrected chi connectivity index (χ1v) is 9.67. The molecular formula is C20H25FN4O3. The van der Waals surface area contributed by atoms with Gasteiger partial charge in [0.15, 0.2) is 5.82 Å². The molecule has 28 heavy (non-hydrogen) atoms. The van der Waals surface area contributed by atoms with Gasteiger partial charge < -0.3 is 4.74 Å². The minimum absolute atomic E-state index is 0.220. The summed E-state index contributed by atoms with van der Waals surface area (Å²) < 4.78 is 22.0. The smallest absolute Gasteiger partial charge is 0.332 e. The minimum Gasteiger partial charge on any atom is -0.364 e. The van der Waals surface area contributed by atoms with Gasteiger partial charge in [-0.1, -0.05) is 26.0 Å². The highest BCUT2D eigenvalue weighted by Crippen LogP contribution is 2.31. The quantitative estimate of drug-likeness (QED) is 0.740. The molecule has 0 bridgehead atoms. The van der Waals surface area contributed by atoms with Crippen molar-refractivity contribution in [3.63, 3.8) is 0 Å². The third-order valence-corrected chi connectivity index (χ3v) is 5.42. The molecule has 1 spiro atoms. The largest absolute Gasteiger partial charge is 0.364 e. The number of hydrogen-bond donors (Lipinski definition) is 0. The van der Waals surface area contributed by atoms with Gasteiger partial charge in [0.25, 0.3) is 0 Å². The molecule has 1 aromatic carbocycles. The molecule has 2 aromatic rings. The normalized spacial score (nSPS) is 22.1. The molecule has 1 fully saturated rings. The molecule has 0 saturated carbocycles. The summed E-state index contributed by atoms with van der Waals surface area (Å²) in [5.74, 6) is 0.482. The van der Waals surface area contributed by atoms with Crippen LogP contribution in [0.2, 0.25) is 0 Å². The zero-order valence-electron chi connectivity index (χ0n) is 16.2. The molecule has 1 saturated heterocycles. The average Bonchev–Trinajstić information content (AvgIpc) is 3.04. The second-order valence-electron chi connectivity index (χ2n) is 8.25. The number of likely N-dealkylation sites (tertiary alicyclic amines) is 1. The molecule has 0 radical (unpaired) electrons. The standard InChI is InChI=1S/C20H25FN4O3/c1-14(2)9-25-19(27)18(26)24-13-20(28-11-17(24)22-25)7-8-23(12-20)10-15-3-5-16(21)6-4-15/h3-6,14H,7-13H2,1-2H3/t20-/m0/s1. The summed E-state index contributed by atoms with van der Waals surface area (Å²) in [7, 11) is 0. The average molecular weight is 388 g/mol. The van der Waals surface area contributed by atoms with Crippen molar-refractivity contribution in [3.8, 4) is 0 Å². The Morgan fingerprint density at radius 1 is 1.18 bits per heavy atom. The zero-order chi connectivity index (χ0) is 19.9. The predicted molar refractivity (Wildman–Crippen MR) is 101 cm³/mol. The Kier molecular flexibility index (Phi) is 4.93. The van der Waals surface area contributed by atoms with E-state index in [9.17, 15) is 14.0 Å². The van der Waals surface area contributed by atoms with Gasteiger partial charge in [-0.25, -0.2) is 9.07 Å². The van der Waals surface area contributed by atoms with Gasteiger partial charge in [0, 0.05) is 26.2 Å². The third-order valence-electron chi connectivity index (χ3n) is 5.42. The van der Waals surface area contributed by atoms with Gasteiger partial charge in [-0.2, -0.15) is 5.10 Å². The molecule has 0 N–H and O–H groups in total. The summed E-state index contributed by atoms with van der Waals surface area (Å²) in [4.78, 5) is 27.3. The molecule has 7 nitrogen and oxygen atoms in total. The summed E-state index contributed by atoms with van der Waals surface area (Å²) >= 11 is 0. The Morgan fingerprint density at radius 2 is 1.93 bits per heavy atom. The first-order valence-electron chi connectivity index (χ1n) is 9.67. The lowest BCUT2D eigenvalue weighted by Gasteiger charge is -2.35. The highest BCUT2D eigenvalue weighted by molar-refractivity contribution is 5.16. The molecule has 4 rings (SSSR count). The first-order chi connectivity index (χ1) is 13.3. The first kappa shape index (κ1) is 19.0. The topological polar surface area (TPSA) is 69.4 Å². The van der Waals surface area contributed by atoms with Crippen molar-refractivity contribution in [2.75, 3.05) is 13.1 Å². The Balaban J connectivity index is 1.52. The molecule has 1 atom stereocenters. The Morgan fingerprint density at radius 3 is 2.64 bits per heavy atom. The van der Waals surface area contributed by atoms with Crippen LogP contribution in [0.25, 0.3) is 0 Å². The lowest BCUT2D eigenvalue weighted by atomic mass is 10.0. The Labute approximate surface area is 162 Å². The second kappa shape index (κ2) is 7.25. The van der Waals surface area contributed by atoms with Crippen LogP contribution in [0.3, 0.4) is 0 Å². The highest BCUT2D eigenvalue weighted by Gasteiger charge is 2.43. The van der Waals surface area contributed by atoms with Crippen LogP contribution in [0.5, 0.6) is 0 Å². The molecule has 2 aliphatic heterocycles. The number of halogens is 1. The van der Waals surface area contributed by atoms with Gasteiger partial charge in [0.2, 0.25) is 0 Å². The fraction of sp³-hybridized carbons (Fsp3) is 0.550. The van der Waals surface area contributed by atoms with Crippen molar-refractivity contribution < 1.29 is 9.13 Å². The molecule has 0 amide bonds. The molecule has 2 aliphatic rings. The van der Waals surface area contributed by atoms with Crippen molar-refractivity contribution in [2.24, 2.45) is 5.92 Å². The molecule has 8 heteroatoms. The van der Waals surface area contributed by atoms with Crippen molar-refractivity contribution in [2.45, 2.75) is 52.1 Å². The number of nitrogens with zero attached hydrogens (tertiary/aromatic N) is 4. The summed E-state index contributed by atoms with van der Waals surface area (Å²) in [6, 6.07) is 6.48. The fourth-order valence-electron chi connectivity index (χ4n) is 4.03. The fourth-order valence-corrected chi connectivity index (χ4v) is 4.03. The number of fused-ring (bicyclic) bond motifs is 1. The third kappa shape index (κ3) is 3.66. The SMILES string of the molecule is CC(C)Cn1nc2n(c(=O)c1=O)C[C@@]1(CCN(Cc3ccc(F)cc3)C1)OC2. The van der Waals surface area contributed by atoms with E-state index in [0.717, 1.165) is 18.5 Å². The summed E-state index contributed by atoms with van der Waals surface area (Å²) in [6.07, 6.45) is 0.773. The van der Waals surface area contributed by atoms with Crippen LogP contribution in [-0.2, 0) is 31.0 Å². The van der Waals surface area contributed by atoms with Gasteiger partial charge in [-0.05, 0) is 30.0 Å². The lowest BCUT2D eigenvalue weighted by molar-refractivity contribution is -0.0859. The van der Waals surface area contributed by atoms with Crippen LogP contribution in [0.4, 0.5) is 4.39 Å². The summed E-state index contributed by atoms with van der Waals surface area (Å²) in [6.45, 7) is 7.10. The Bertz CT molecular complexity index is 982. The van der Waals surface area contributed by atoms with Gasteiger partial charge in [0.1, 0.15) is 18.0 Å². The molecule has 1 aromatic heterocycles. The molecule has 150 valence electrons. The van der Waals surface area contributed by atoms with E-state index in [0.29, 0.717) is 32.0 Å². The van der Waals surface area contributed by atoms with Crippen LogP contribution in [0, 0.1) is 11.7 Å². The lowest BCUT2D eigenvalue weighted by Crippen LogP contribution is -2.53. The van der Waals surface area contributed by atoms with Crippen LogP contribution >= 0.6 is 0 Å². The van der Waals surface area contributed by atoms with E-state index < -0.39 is 16.7 Å². The minimum atomic E-state index is -0.573. The van der Waals surface area contributed by atoms with E-state index in [1.165, 1.54) is 21.4 Å². The van der Waals surface area contributed by atoms with Crippen LogP contribution in [0.15, 0.2) is 33.9 Å². The number of ether oxygens (including phenoxy) is 1. The summed E-state index contributed by atoms with van der Waals surface area (Å²) in [5, 5.41) is 4.36. The maximum Gasteiger partial charge on any atom is 0.332 e. The van der Waals surface area contributed by atoms with Crippen molar-refractivity contribution in [1.82, 2.24) is 19.2 Å². The van der Waals surface area contributed by atoms with Crippen LogP contribution in [-0.4, -0.2) is 37.9 Å². The molecule has 0 aliphatic carbocycles. The van der Waals surface area contributed by atoms with Crippen LogP contribution < -0.4 is 11.1 Å². The maximum absolute atomic E-state index is 13.1. The summed E-state index contributed by atoms with van der Waals surface area (Å²) in [5.41, 5.74) is -0.555. The van der Waals surface area contributed by atoms with E-state index in [1.807, 2.05) is 13.8 Å². The molecule has 3 heterocycles. The molecule has 0 unspecified atom stereocenters. The van der Waals surface area contributed by atoms with Crippen LogP contribution in [0.1, 0.15) is 31.7 Å². The van der Waals surface area contributed by atoms with Crippen molar-refractivity contribution in [3.05, 3.63) is 62.2 Å². The molecular weight excluding hydrogens is 363 g/mol. The number of benzene rings is 1. The monoisotopic (exact) mass is 388 g/mol. The maximum atomic E-state index is 13.1. The number of aromatic nitrogens is 3. The van der Waals surface area contributed by atoms with E-state index in [2.05, 4.69) is 10.00 Å². The number of rotatable bonds is 4. The zero-order valence-corrected chi connectivity index (χ0v) is 16.2. The van der Waals surface area contributed by atoms with E-state index >= 15 is 0 Å². The van der Waals surface area contributed by atoms with E-state index in [1.54, 1.807) is 12.1 Å². The van der Waals surface area contributed by atoms with Gasteiger partial charge in [-0.3, -0.25) is 19.1 Å². The Hall–Kier alpha value is -2.32. The van der Waals surface area contributed by atoms with Gasteiger partial charge in [-0.15, -0.1) is 0 Å². The van der Waals surface area contributed by atoms with Gasteiger partial charge in [0.05, 0.1) is 6.54 Å². The van der Waals surface area contributed by atoms with E-state index in [-0.39, 0.29) is 18.3 Å². The van der Waals surface area contributed by atoms with Crippen molar-refractivity contribution >= 4 is 0 Å². The number of hydrogen-bond acceptors (Lipinski definition) is 5. The highest BCUT2D eigenvalue weighted by atomic mass is 19.1. The second-order valence-corrected chi connectivity index (χ2v) is 8.25. The van der Waals surface area contributed by atoms with E-state index in [4.69, 9.17) is 4.74 Å². The van der Waals surface area contributed by atoms with Crippen molar-refractivity contribution in [1.29, 1.82) is 0 Å². The van der Waals surface area contributed by atoms with Gasteiger partial charge >= 0.3 is 11.1 Å². The predicted octanol–water partition coefficient (Wildman–Crippen LogP) is 1.37.